The third-order valence-electron chi connectivity index (χ3n) is 4.92. The second kappa shape index (κ2) is 8.97. The van der Waals surface area contributed by atoms with E-state index >= 15 is 0 Å². The van der Waals surface area contributed by atoms with Crippen LogP contribution in [0.1, 0.15) is 18.1 Å². The molecule has 1 fully saturated rings. The molecule has 1 aliphatic rings. The number of hydrogen-bond donors (Lipinski definition) is 1. The van der Waals surface area contributed by atoms with Gasteiger partial charge in [0.05, 0.1) is 10.2 Å². The molecule has 3 amide bonds. The maximum absolute atomic E-state index is 12.2. The van der Waals surface area contributed by atoms with Gasteiger partial charge in [0.2, 0.25) is 0 Å². The lowest BCUT2D eigenvalue weighted by Crippen LogP contribution is -2.25. The summed E-state index contributed by atoms with van der Waals surface area (Å²) < 4.78 is 12.8. The van der Waals surface area contributed by atoms with Crippen molar-refractivity contribution >= 4 is 51.4 Å². The second-order valence-electron chi connectivity index (χ2n) is 7.09. The number of benzene rings is 3. The number of imide groups is 1. The van der Waals surface area contributed by atoms with Crippen LogP contribution in [0.5, 0.6) is 11.5 Å². The van der Waals surface area contributed by atoms with E-state index in [-0.39, 0.29) is 11.6 Å². The first-order valence-corrected chi connectivity index (χ1v) is 10.9. The zero-order valence-electron chi connectivity index (χ0n) is 17.1. The van der Waals surface area contributed by atoms with Gasteiger partial charge in [-0.05, 0) is 75.7 Å². The van der Waals surface area contributed by atoms with Gasteiger partial charge in [-0.3, -0.25) is 9.69 Å². The number of nitrogens with one attached hydrogen (secondary N) is 1. The average Bonchev–Trinajstić information content (AvgIpc) is 2.99. The average molecular weight is 528 g/mol. The molecule has 0 atom stereocenters. The fourth-order valence-electron chi connectivity index (χ4n) is 3.35. The Labute approximate surface area is 194 Å². The van der Waals surface area contributed by atoms with E-state index in [4.69, 9.17) is 9.47 Å². The predicted molar refractivity (Wildman–Crippen MR) is 128 cm³/mol. The molecule has 1 aliphatic heterocycles. The molecular weight excluding hydrogens is 507 g/mol. The smallest absolute Gasteiger partial charge is 0.328 e. The van der Waals surface area contributed by atoms with Crippen LogP contribution in [0, 0.1) is 3.57 Å². The number of fused-ring (bicyclic) bond motifs is 1. The molecule has 0 spiro atoms. The Balaban J connectivity index is 1.60. The number of amides is 3. The van der Waals surface area contributed by atoms with E-state index in [1.165, 1.54) is 17.8 Å². The molecule has 0 aromatic heterocycles. The van der Waals surface area contributed by atoms with Crippen molar-refractivity contribution in [3.8, 4) is 11.5 Å². The predicted octanol–water partition coefficient (Wildman–Crippen LogP) is 4.94. The van der Waals surface area contributed by atoms with Crippen LogP contribution < -0.4 is 14.8 Å². The number of carbonyl (C=O) groups is 2. The summed E-state index contributed by atoms with van der Waals surface area (Å²) in [5.41, 5.74) is 2.03. The van der Waals surface area contributed by atoms with Gasteiger partial charge in [0.25, 0.3) is 5.91 Å². The molecule has 7 heteroatoms. The highest BCUT2D eigenvalue weighted by atomic mass is 127. The van der Waals surface area contributed by atoms with Crippen molar-refractivity contribution in [3.63, 3.8) is 0 Å². The van der Waals surface area contributed by atoms with Gasteiger partial charge in [-0.25, -0.2) is 4.79 Å². The van der Waals surface area contributed by atoms with Crippen molar-refractivity contribution in [2.24, 2.45) is 0 Å². The molecule has 1 saturated heterocycles. The molecule has 0 saturated carbocycles. The highest BCUT2D eigenvalue weighted by Crippen LogP contribution is 2.36. The number of ether oxygens (including phenoxy) is 2. The number of carbonyl (C=O) groups excluding carboxylic acids is 2. The summed E-state index contributed by atoms with van der Waals surface area (Å²) in [7, 11) is 1.44. The van der Waals surface area contributed by atoms with Crippen molar-refractivity contribution in [2.75, 3.05) is 13.7 Å². The third-order valence-corrected chi connectivity index (χ3v) is 5.72. The minimum absolute atomic E-state index is 0.232. The zero-order valence-corrected chi connectivity index (χ0v) is 19.3. The van der Waals surface area contributed by atoms with Crippen molar-refractivity contribution in [2.45, 2.75) is 13.5 Å². The van der Waals surface area contributed by atoms with E-state index in [1.807, 2.05) is 31.2 Å². The van der Waals surface area contributed by atoms with Gasteiger partial charge in [-0.15, -0.1) is 0 Å². The van der Waals surface area contributed by atoms with Crippen molar-refractivity contribution in [1.29, 1.82) is 0 Å². The summed E-state index contributed by atoms with van der Waals surface area (Å²) in [5, 5.41) is 4.93. The minimum Gasteiger partial charge on any atom is -0.490 e. The minimum atomic E-state index is -0.439. The molecule has 0 radical (unpaired) electrons. The molecule has 1 heterocycles. The summed E-state index contributed by atoms with van der Waals surface area (Å²) in [5.74, 6) is 0.874. The van der Waals surface area contributed by atoms with Gasteiger partial charge < -0.3 is 14.8 Å². The number of hydrogen-bond acceptors (Lipinski definition) is 4. The van der Waals surface area contributed by atoms with Gasteiger partial charge in [0, 0.05) is 7.05 Å². The van der Waals surface area contributed by atoms with Crippen LogP contribution in [-0.4, -0.2) is 30.5 Å². The third kappa shape index (κ3) is 4.51. The van der Waals surface area contributed by atoms with Crippen LogP contribution in [0.2, 0.25) is 0 Å². The molecule has 1 N–H and O–H groups in total. The molecule has 3 aromatic carbocycles. The first kappa shape index (κ1) is 21.2. The topological polar surface area (TPSA) is 67.9 Å². The summed E-state index contributed by atoms with van der Waals surface area (Å²) >= 11 is 2.19. The normalized spacial score (nSPS) is 14.9. The molecule has 3 aromatic rings. The highest BCUT2D eigenvalue weighted by molar-refractivity contribution is 14.1. The fraction of sp³-hybridized carbons (Fsp3) is 0.167. The SMILES string of the molecule is CCOc1cc(/C=C2/NC(=O)N(C)C2=O)cc(I)c1OCc1ccc2ccccc2c1. The maximum atomic E-state index is 12.2. The second-order valence-corrected chi connectivity index (χ2v) is 8.25. The lowest BCUT2D eigenvalue weighted by atomic mass is 10.1. The molecule has 158 valence electrons. The van der Waals surface area contributed by atoms with Crippen LogP contribution in [0.4, 0.5) is 4.79 Å². The van der Waals surface area contributed by atoms with Gasteiger partial charge in [0.1, 0.15) is 12.3 Å². The number of nitrogens with zero attached hydrogens (tertiary/aromatic N) is 1. The van der Waals surface area contributed by atoms with Crippen molar-refractivity contribution in [3.05, 3.63) is 75.0 Å². The molecule has 0 bridgehead atoms. The lowest BCUT2D eigenvalue weighted by molar-refractivity contribution is -0.121. The van der Waals surface area contributed by atoms with Gasteiger partial charge in [0.15, 0.2) is 11.5 Å². The Morgan fingerprint density at radius 2 is 1.81 bits per heavy atom. The Bertz CT molecular complexity index is 1210. The van der Waals surface area contributed by atoms with E-state index in [0.29, 0.717) is 24.7 Å². The van der Waals surface area contributed by atoms with Crippen LogP contribution in [0.3, 0.4) is 0 Å². The van der Waals surface area contributed by atoms with E-state index in [2.05, 4.69) is 58.2 Å². The molecular formula is C24H21IN2O4. The van der Waals surface area contributed by atoms with Crippen LogP contribution >= 0.6 is 22.6 Å². The summed E-state index contributed by atoms with van der Waals surface area (Å²) in [6, 6.07) is 17.7. The highest BCUT2D eigenvalue weighted by Gasteiger charge is 2.30. The number of rotatable bonds is 6. The number of likely N-dealkylation sites (N-methyl/N-ethyl adjacent to an activating group) is 1. The summed E-state index contributed by atoms with van der Waals surface area (Å²) in [4.78, 5) is 24.9. The molecule has 6 nitrogen and oxygen atoms in total. The van der Waals surface area contributed by atoms with Gasteiger partial charge in [-0.1, -0.05) is 36.4 Å². The standard InChI is InChI=1S/C24H21IN2O4/c1-3-30-21-13-16(12-20-23(28)27(2)24(29)26-20)11-19(25)22(21)31-14-15-8-9-17-6-4-5-7-18(17)10-15/h4-13H,3,14H2,1-2H3,(H,26,29)/b20-12+. The van der Waals surface area contributed by atoms with Crippen LogP contribution in [0.25, 0.3) is 16.8 Å². The number of urea groups is 1. The first-order valence-electron chi connectivity index (χ1n) is 9.84. The van der Waals surface area contributed by atoms with E-state index in [9.17, 15) is 9.59 Å². The van der Waals surface area contributed by atoms with Gasteiger partial charge in [-0.2, -0.15) is 0 Å². The summed E-state index contributed by atoms with van der Waals surface area (Å²) in [6.45, 7) is 2.78. The van der Waals surface area contributed by atoms with Gasteiger partial charge >= 0.3 is 6.03 Å². The quantitative estimate of drug-likeness (QED) is 0.280. The monoisotopic (exact) mass is 528 g/mol. The molecule has 4 rings (SSSR count). The molecule has 31 heavy (non-hydrogen) atoms. The van der Waals surface area contributed by atoms with E-state index in [0.717, 1.165) is 19.6 Å². The Kier molecular flexibility index (Phi) is 6.13. The Morgan fingerprint density at radius 1 is 1.03 bits per heavy atom. The Hall–Kier alpha value is -3.07. The van der Waals surface area contributed by atoms with E-state index in [1.54, 1.807) is 6.08 Å². The zero-order chi connectivity index (χ0) is 22.0. The van der Waals surface area contributed by atoms with E-state index < -0.39 is 6.03 Å². The Morgan fingerprint density at radius 3 is 2.52 bits per heavy atom. The molecule has 0 aliphatic carbocycles. The largest absolute Gasteiger partial charge is 0.490 e. The van der Waals surface area contributed by atoms with Crippen molar-refractivity contribution in [1.82, 2.24) is 10.2 Å². The van der Waals surface area contributed by atoms with Crippen LogP contribution in [-0.2, 0) is 11.4 Å². The van der Waals surface area contributed by atoms with Crippen molar-refractivity contribution < 1.29 is 19.1 Å². The lowest BCUT2D eigenvalue weighted by Gasteiger charge is -2.15. The summed E-state index contributed by atoms with van der Waals surface area (Å²) in [6.07, 6.45) is 1.64. The fourth-order valence-corrected chi connectivity index (χ4v) is 4.13. The maximum Gasteiger partial charge on any atom is 0.328 e. The number of halogens is 1. The molecule has 0 unspecified atom stereocenters. The van der Waals surface area contributed by atoms with Crippen LogP contribution in [0.15, 0.2) is 60.3 Å². The first-order chi connectivity index (χ1) is 15.0.